The highest BCUT2D eigenvalue weighted by atomic mass is 35.5. The molecule has 2 nitrogen and oxygen atoms in total. The van der Waals surface area contributed by atoms with Gasteiger partial charge in [0.05, 0.1) is 0 Å². The van der Waals surface area contributed by atoms with Crippen LogP contribution in [0.15, 0.2) is 24.5 Å². The van der Waals surface area contributed by atoms with Crippen LogP contribution >= 0.6 is 12.4 Å². The van der Waals surface area contributed by atoms with Crippen molar-refractivity contribution < 1.29 is 0 Å². The third kappa shape index (κ3) is 2.46. The summed E-state index contributed by atoms with van der Waals surface area (Å²) in [5, 5.41) is 0. The van der Waals surface area contributed by atoms with Crippen LogP contribution in [0.2, 0.25) is 0 Å². The molecule has 0 radical (unpaired) electrons. The van der Waals surface area contributed by atoms with E-state index in [2.05, 4.69) is 11.1 Å². The molecule has 0 amide bonds. The molecule has 1 fully saturated rings. The van der Waals surface area contributed by atoms with Crippen molar-refractivity contribution in [1.29, 1.82) is 0 Å². The van der Waals surface area contributed by atoms with Crippen LogP contribution in [-0.4, -0.2) is 4.98 Å². The lowest BCUT2D eigenvalue weighted by atomic mass is 9.94. The average Bonchev–Trinajstić information content (AvgIpc) is 2.71. The van der Waals surface area contributed by atoms with E-state index in [1.165, 1.54) is 31.2 Å². The molecule has 1 aliphatic carbocycles. The van der Waals surface area contributed by atoms with Gasteiger partial charge >= 0.3 is 0 Å². The van der Waals surface area contributed by atoms with E-state index in [1.54, 1.807) is 6.20 Å². The van der Waals surface area contributed by atoms with Crippen molar-refractivity contribution in [2.45, 2.75) is 31.7 Å². The molecule has 0 aliphatic heterocycles. The van der Waals surface area contributed by atoms with E-state index >= 15 is 0 Å². The third-order valence-electron chi connectivity index (χ3n) is 2.98. The minimum atomic E-state index is 0. The molecule has 0 unspecified atom stereocenters. The Labute approximate surface area is 91.3 Å². The molecule has 1 saturated carbocycles. The molecular weight excluding hydrogens is 196 g/mol. The van der Waals surface area contributed by atoms with Gasteiger partial charge in [-0.1, -0.05) is 18.9 Å². The van der Waals surface area contributed by atoms with Gasteiger partial charge in [-0.3, -0.25) is 4.98 Å². The predicted octanol–water partition coefficient (Wildman–Crippen LogP) is 2.69. The number of nitrogens with zero attached hydrogens (tertiary/aromatic N) is 1. The summed E-state index contributed by atoms with van der Waals surface area (Å²) >= 11 is 0. The average molecular weight is 213 g/mol. The van der Waals surface area contributed by atoms with Gasteiger partial charge in [0.25, 0.3) is 0 Å². The van der Waals surface area contributed by atoms with Gasteiger partial charge in [-0.05, 0) is 30.4 Å². The monoisotopic (exact) mass is 212 g/mol. The van der Waals surface area contributed by atoms with E-state index in [4.69, 9.17) is 5.73 Å². The van der Waals surface area contributed by atoms with E-state index in [9.17, 15) is 0 Å². The van der Waals surface area contributed by atoms with Gasteiger partial charge in [0.15, 0.2) is 0 Å². The largest absolute Gasteiger partial charge is 0.324 e. The fourth-order valence-electron chi connectivity index (χ4n) is 2.16. The Bertz CT molecular complexity index is 257. The maximum absolute atomic E-state index is 6.16. The summed E-state index contributed by atoms with van der Waals surface area (Å²) in [6.45, 7) is 0. The molecule has 1 aliphatic rings. The lowest BCUT2D eigenvalue weighted by Crippen LogP contribution is -2.19. The summed E-state index contributed by atoms with van der Waals surface area (Å²) in [5.74, 6) is 0.684. The second-order valence-electron chi connectivity index (χ2n) is 3.86. The third-order valence-corrected chi connectivity index (χ3v) is 2.98. The van der Waals surface area contributed by atoms with Gasteiger partial charge in [0, 0.05) is 18.4 Å². The van der Waals surface area contributed by atoms with Crippen molar-refractivity contribution in [3.63, 3.8) is 0 Å². The van der Waals surface area contributed by atoms with E-state index in [0.717, 1.165) is 0 Å². The highest BCUT2D eigenvalue weighted by Gasteiger charge is 2.22. The first-order valence-corrected chi connectivity index (χ1v) is 5.03. The quantitative estimate of drug-likeness (QED) is 0.819. The maximum Gasteiger partial charge on any atom is 0.0338 e. The standard InChI is InChI=1S/C11H16N2.ClH/c12-11(9-4-1-2-5-9)10-6-3-7-13-8-10;/h3,6-9,11H,1-2,4-5,12H2;1H/t11-;/m0./s1. The van der Waals surface area contributed by atoms with Crippen LogP contribution in [0.3, 0.4) is 0 Å². The smallest absolute Gasteiger partial charge is 0.0338 e. The normalized spacial score (nSPS) is 18.9. The first-order valence-electron chi connectivity index (χ1n) is 5.03. The first kappa shape index (κ1) is 11.5. The van der Waals surface area contributed by atoms with Crippen molar-refractivity contribution in [1.82, 2.24) is 4.98 Å². The van der Waals surface area contributed by atoms with Crippen molar-refractivity contribution in [2.75, 3.05) is 0 Å². The second kappa shape index (κ2) is 5.32. The Kier molecular flexibility index (Phi) is 4.36. The van der Waals surface area contributed by atoms with Gasteiger partial charge in [-0.25, -0.2) is 0 Å². The summed E-state index contributed by atoms with van der Waals surface area (Å²) in [5.41, 5.74) is 7.35. The molecule has 14 heavy (non-hydrogen) atoms. The van der Waals surface area contributed by atoms with Gasteiger partial charge in [-0.15, -0.1) is 12.4 Å². The highest BCUT2D eigenvalue weighted by molar-refractivity contribution is 5.85. The molecule has 1 atom stereocenters. The summed E-state index contributed by atoms with van der Waals surface area (Å²) in [6, 6.07) is 4.25. The van der Waals surface area contributed by atoms with Crippen molar-refractivity contribution in [3.05, 3.63) is 30.1 Å². The zero-order chi connectivity index (χ0) is 9.10. The van der Waals surface area contributed by atoms with Crippen LogP contribution in [-0.2, 0) is 0 Å². The molecule has 3 heteroatoms. The van der Waals surface area contributed by atoms with Crippen molar-refractivity contribution >= 4 is 12.4 Å². The molecule has 1 aromatic heterocycles. The predicted molar refractivity (Wildman–Crippen MR) is 60.4 cm³/mol. The van der Waals surface area contributed by atoms with Gasteiger partial charge < -0.3 is 5.73 Å². The maximum atomic E-state index is 6.16. The fourth-order valence-corrected chi connectivity index (χ4v) is 2.16. The lowest BCUT2D eigenvalue weighted by Gasteiger charge is -2.18. The SMILES string of the molecule is Cl.N[C@H](c1cccnc1)C1CCCC1. The van der Waals surface area contributed by atoms with Crippen LogP contribution in [0.25, 0.3) is 0 Å². The molecule has 1 heterocycles. The molecule has 2 N–H and O–H groups in total. The number of rotatable bonds is 2. The Morgan fingerprint density at radius 1 is 1.36 bits per heavy atom. The van der Waals surface area contributed by atoms with Crippen molar-refractivity contribution in [3.8, 4) is 0 Å². The molecule has 0 spiro atoms. The van der Waals surface area contributed by atoms with Crippen LogP contribution < -0.4 is 5.73 Å². The van der Waals surface area contributed by atoms with Gasteiger partial charge in [0.2, 0.25) is 0 Å². The second-order valence-corrected chi connectivity index (χ2v) is 3.86. The minimum Gasteiger partial charge on any atom is -0.324 e. The Balaban J connectivity index is 0.000000980. The Morgan fingerprint density at radius 2 is 2.07 bits per heavy atom. The summed E-state index contributed by atoms with van der Waals surface area (Å²) in [7, 11) is 0. The minimum absolute atomic E-state index is 0. The molecule has 2 rings (SSSR count). The van der Waals surface area contributed by atoms with Crippen LogP contribution in [0.4, 0.5) is 0 Å². The van der Waals surface area contributed by atoms with Gasteiger partial charge in [-0.2, -0.15) is 0 Å². The lowest BCUT2D eigenvalue weighted by molar-refractivity contribution is 0.444. The number of nitrogens with two attached hydrogens (primary N) is 1. The van der Waals surface area contributed by atoms with Crippen LogP contribution in [0.1, 0.15) is 37.3 Å². The highest BCUT2D eigenvalue weighted by Crippen LogP contribution is 2.33. The molecule has 0 aromatic carbocycles. The fraction of sp³-hybridized carbons (Fsp3) is 0.545. The van der Waals surface area contributed by atoms with Crippen LogP contribution in [0.5, 0.6) is 0 Å². The number of pyridine rings is 1. The molecule has 0 saturated heterocycles. The summed E-state index contributed by atoms with van der Waals surface area (Å²) < 4.78 is 0. The van der Waals surface area contributed by atoms with E-state index in [1.807, 2.05) is 12.3 Å². The number of hydrogen-bond donors (Lipinski definition) is 1. The first-order chi connectivity index (χ1) is 6.38. The zero-order valence-electron chi connectivity index (χ0n) is 8.23. The molecule has 78 valence electrons. The Hall–Kier alpha value is -0.600. The van der Waals surface area contributed by atoms with Crippen molar-refractivity contribution in [2.24, 2.45) is 11.7 Å². The molecule has 1 aromatic rings. The van der Waals surface area contributed by atoms with E-state index in [0.29, 0.717) is 5.92 Å². The summed E-state index contributed by atoms with van der Waals surface area (Å²) in [4.78, 5) is 4.10. The topological polar surface area (TPSA) is 38.9 Å². The number of aromatic nitrogens is 1. The van der Waals surface area contributed by atoms with E-state index < -0.39 is 0 Å². The van der Waals surface area contributed by atoms with Gasteiger partial charge in [0.1, 0.15) is 0 Å². The molecular formula is C11H17ClN2. The summed E-state index contributed by atoms with van der Waals surface area (Å²) in [6.07, 6.45) is 8.96. The zero-order valence-corrected chi connectivity index (χ0v) is 9.04. The van der Waals surface area contributed by atoms with Crippen LogP contribution in [0, 0.1) is 5.92 Å². The Morgan fingerprint density at radius 3 is 2.64 bits per heavy atom. The van der Waals surface area contributed by atoms with E-state index in [-0.39, 0.29) is 18.4 Å². The number of halogens is 1. The number of hydrogen-bond acceptors (Lipinski definition) is 2. The molecule has 0 bridgehead atoms.